The summed E-state index contributed by atoms with van der Waals surface area (Å²) in [6, 6.07) is 9.70. The third kappa shape index (κ3) is 4.71. The Morgan fingerprint density at radius 3 is 2.43 bits per heavy atom. The molecule has 1 aromatic heterocycles. The zero-order valence-corrected chi connectivity index (χ0v) is 15.2. The van der Waals surface area contributed by atoms with E-state index in [-0.39, 0.29) is 18.1 Å². The van der Waals surface area contributed by atoms with E-state index < -0.39 is 0 Å². The molecule has 0 bridgehead atoms. The monoisotopic (exact) mass is 415 g/mol. The van der Waals surface area contributed by atoms with Crippen LogP contribution in [0.15, 0.2) is 35.7 Å². The molecule has 0 aliphatic rings. The molecular formula is C16H18INO2S. The van der Waals surface area contributed by atoms with Crippen molar-refractivity contribution in [3.63, 3.8) is 0 Å². The highest BCUT2D eigenvalue weighted by Gasteiger charge is 2.13. The van der Waals surface area contributed by atoms with Crippen LogP contribution in [-0.4, -0.2) is 12.0 Å². The molecule has 1 aromatic carbocycles. The molecule has 0 aliphatic carbocycles. The van der Waals surface area contributed by atoms with Crippen molar-refractivity contribution in [2.45, 2.75) is 32.9 Å². The number of hydrogen-bond acceptors (Lipinski definition) is 3. The summed E-state index contributed by atoms with van der Waals surface area (Å²) in [5.74, 6) is 0.809. The third-order valence-electron chi connectivity index (χ3n) is 2.93. The van der Waals surface area contributed by atoms with Gasteiger partial charge in [-0.25, -0.2) is 0 Å². The van der Waals surface area contributed by atoms with Gasteiger partial charge in [0.1, 0.15) is 5.75 Å². The average Bonchev–Trinajstić information content (AvgIpc) is 2.85. The minimum absolute atomic E-state index is 0.0378. The quantitative estimate of drug-likeness (QED) is 0.724. The molecule has 0 saturated heterocycles. The maximum absolute atomic E-state index is 12.1. The summed E-state index contributed by atoms with van der Waals surface area (Å²) in [6.07, 6.45) is 0.161. The Hall–Kier alpha value is -1.08. The fourth-order valence-electron chi connectivity index (χ4n) is 1.90. The number of halogens is 1. The number of thiophene rings is 1. The van der Waals surface area contributed by atoms with Gasteiger partial charge in [0.25, 0.3) is 5.91 Å². The number of carbonyl (C=O) groups excluding carboxylic acids is 1. The molecule has 0 aliphatic heterocycles. The number of rotatable bonds is 5. The van der Waals surface area contributed by atoms with Crippen LogP contribution in [0, 0.1) is 2.88 Å². The Balaban J connectivity index is 1.99. The summed E-state index contributed by atoms with van der Waals surface area (Å²) in [4.78, 5) is 12.1. The summed E-state index contributed by atoms with van der Waals surface area (Å²) >= 11 is 3.79. The maximum atomic E-state index is 12.1. The predicted molar refractivity (Wildman–Crippen MR) is 95.1 cm³/mol. The molecule has 1 amide bonds. The number of amides is 1. The Morgan fingerprint density at radius 2 is 1.90 bits per heavy atom. The minimum atomic E-state index is -0.0387. The molecule has 2 aromatic rings. The van der Waals surface area contributed by atoms with Crippen LogP contribution in [0.2, 0.25) is 0 Å². The second-order valence-electron chi connectivity index (χ2n) is 5.07. The van der Waals surface area contributed by atoms with Gasteiger partial charge < -0.3 is 10.1 Å². The zero-order chi connectivity index (χ0) is 15.4. The van der Waals surface area contributed by atoms with Gasteiger partial charge in [-0.15, -0.1) is 11.3 Å². The minimum Gasteiger partial charge on any atom is -0.491 e. The number of hydrogen-bond donors (Lipinski definition) is 1. The SMILES string of the molecule is CC(C)Oc1ccc(C(C)NC(=O)c2csc(I)c2)cc1. The highest BCUT2D eigenvalue weighted by atomic mass is 127. The molecule has 1 atom stereocenters. The van der Waals surface area contributed by atoms with Gasteiger partial charge >= 0.3 is 0 Å². The molecule has 112 valence electrons. The number of nitrogens with one attached hydrogen (secondary N) is 1. The Bertz CT molecular complexity index is 607. The molecule has 2 rings (SSSR count). The smallest absolute Gasteiger partial charge is 0.252 e. The van der Waals surface area contributed by atoms with Gasteiger partial charge in [0, 0.05) is 5.38 Å². The van der Waals surface area contributed by atoms with E-state index in [1.165, 1.54) is 0 Å². The first-order valence-electron chi connectivity index (χ1n) is 6.77. The highest BCUT2D eigenvalue weighted by Crippen LogP contribution is 2.20. The molecule has 5 heteroatoms. The van der Waals surface area contributed by atoms with Crippen LogP contribution in [0.1, 0.15) is 42.7 Å². The normalized spacial score (nSPS) is 12.2. The lowest BCUT2D eigenvalue weighted by Crippen LogP contribution is -2.26. The Labute approximate surface area is 142 Å². The van der Waals surface area contributed by atoms with Crippen LogP contribution < -0.4 is 10.1 Å². The van der Waals surface area contributed by atoms with Crippen molar-refractivity contribution in [1.82, 2.24) is 5.32 Å². The van der Waals surface area contributed by atoms with E-state index in [2.05, 4.69) is 27.9 Å². The van der Waals surface area contributed by atoms with Crippen molar-refractivity contribution in [1.29, 1.82) is 0 Å². The first-order valence-corrected chi connectivity index (χ1v) is 8.73. The van der Waals surface area contributed by atoms with Crippen molar-refractivity contribution in [3.8, 4) is 5.75 Å². The van der Waals surface area contributed by atoms with E-state index in [0.29, 0.717) is 0 Å². The molecule has 21 heavy (non-hydrogen) atoms. The summed E-state index contributed by atoms with van der Waals surface area (Å²) in [5, 5.41) is 4.89. The molecule has 0 fully saturated rings. The topological polar surface area (TPSA) is 38.3 Å². The van der Waals surface area contributed by atoms with Crippen molar-refractivity contribution < 1.29 is 9.53 Å². The van der Waals surface area contributed by atoms with Gasteiger partial charge in [-0.1, -0.05) is 12.1 Å². The molecule has 0 radical (unpaired) electrons. The molecule has 0 spiro atoms. The standard InChI is InChI=1S/C16H18INO2S/c1-10(2)20-14-6-4-12(5-7-14)11(3)18-16(19)13-8-15(17)21-9-13/h4-11H,1-3H3,(H,18,19). The van der Waals surface area contributed by atoms with Crippen LogP contribution in [0.25, 0.3) is 0 Å². The van der Waals surface area contributed by atoms with Crippen LogP contribution in [0.5, 0.6) is 5.75 Å². The summed E-state index contributed by atoms with van der Waals surface area (Å²) in [7, 11) is 0. The summed E-state index contributed by atoms with van der Waals surface area (Å²) < 4.78 is 6.73. The van der Waals surface area contributed by atoms with Crippen LogP contribution in [0.4, 0.5) is 0 Å². The van der Waals surface area contributed by atoms with Gasteiger partial charge in [-0.05, 0) is 67.1 Å². The first-order chi connectivity index (χ1) is 9.95. The average molecular weight is 415 g/mol. The molecule has 1 unspecified atom stereocenters. The van der Waals surface area contributed by atoms with E-state index >= 15 is 0 Å². The fourth-order valence-corrected chi connectivity index (χ4v) is 3.23. The van der Waals surface area contributed by atoms with Crippen molar-refractivity contribution in [2.24, 2.45) is 0 Å². The maximum Gasteiger partial charge on any atom is 0.252 e. The third-order valence-corrected chi connectivity index (χ3v) is 4.72. The largest absolute Gasteiger partial charge is 0.491 e. The van der Waals surface area contributed by atoms with E-state index in [9.17, 15) is 4.79 Å². The molecule has 1 heterocycles. The second kappa shape index (κ2) is 7.26. The van der Waals surface area contributed by atoms with Gasteiger partial charge in [0.05, 0.1) is 20.6 Å². The lowest BCUT2D eigenvalue weighted by atomic mass is 10.1. The first kappa shape index (κ1) is 16.3. The van der Waals surface area contributed by atoms with Crippen LogP contribution in [-0.2, 0) is 0 Å². The lowest BCUT2D eigenvalue weighted by molar-refractivity contribution is 0.0940. The van der Waals surface area contributed by atoms with Crippen molar-refractivity contribution >= 4 is 39.8 Å². The predicted octanol–water partition coefficient (Wildman–Crippen LogP) is 4.63. The fraction of sp³-hybridized carbons (Fsp3) is 0.312. The van der Waals surface area contributed by atoms with Gasteiger partial charge in [-0.2, -0.15) is 0 Å². The van der Waals surface area contributed by atoms with Crippen molar-refractivity contribution in [2.75, 3.05) is 0 Å². The number of carbonyl (C=O) groups is 1. The molecule has 0 saturated carbocycles. The zero-order valence-electron chi connectivity index (χ0n) is 12.2. The van der Waals surface area contributed by atoms with Gasteiger partial charge in [0.15, 0.2) is 0 Å². The van der Waals surface area contributed by atoms with Gasteiger partial charge in [-0.3, -0.25) is 4.79 Å². The van der Waals surface area contributed by atoms with E-state index in [4.69, 9.17) is 4.74 Å². The van der Waals surface area contributed by atoms with Crippen LogP contribution in [0.3, 0.4) is 0 Å². The number of benzene rings is 1. The summed E-state index contributed by atoms with van der Waals surface area (Å²) in [6.45, 7) is 5.98. The summed E-state index contributed by atoms with van der Waals surface area (Å²) in [5.41, 5.74) is 1.78. The molecular weight excluding hydrogens is 397 g/mol. The van der Waals surface area contributed by atoms with E-state index in [1.807, 2.05) is 56.5 Å². The van der Waals surface area contributed by atoms with Crippen molar-refractivity contribution in [3.05, 3.63) is 49.7 Å². The van der Waals surface area contributed by atoms with Gasteiger partial charge in [0.2, 0.25) is 0 Å². The second-order valence-corrected chi connectivity index (χ2v) is 7.88. The van der Waals surface area contributed by atoms with E-state index in [1.54, 1.807) is 11.3 Å². The Kier molecular flexibility index (Phi) is 5.64. The highest BCUT2D eigenvalue weighted by molar-refractivity contribution is 14.1. The molecule has 3 nitrogen and oxygen atoms in total. The molecule has 1 N–H and O–H groups in total. The lowest BCUT2D eigenvalue weighted by Gasteiger charge is -2.15. The Morgan fingerprint density at radius 1 is 1.24 bits per heavy atom. The van der Waals surface area contributed by atoms with E-state index in [0.717, 1.165) is 19.8 Å². The van der Waals surface area contributed by atoms with Crippen LogP contribution >= 0.6 is 33.9 Å². The number of ether oxygens (including phenoxy) is 1.